The Hall–Kier alpha value is -2.24. The summed E-state index contributed by atoms with van der Waals surface area (Å²) in [5, 5.41) is 14.3. The highest BCUT2D eigenvalue weighted by Gasteiger charge is 2.08. The fourth-order valence-corrected chi connectivity index (χ4v) is 1.38. The lowest BCUT2D eigenvalue weighted by atomic mass is 10.1. The van der Waals surface area contributed by atoms with Crippen LogP contribution in [0.1, 0.15) is 17.3 Å². The molecule has 1 heterocycles. The minimum atomic E-state index is -0.426. The lowest BCUT2D eigenvalue weighted by Gasteiger charge is -1.96. The summed E-state index contributed by atoms with van der Waals surface area (Å²) in [6.45, 7) is 1.70. The molecule has 0 saturated carbocycles. The molecule has 0 fully saturated rings. The Morgan fingerprint density at radius 3 is 2.94 bits per heavy atom. The van der Waals surface area contributed by atoms with Crippen LogP contribution in [0.2, 0.25) is 0 Å². The van der Waals surface area contributed by atoms with E-state index in [9.17, 15) is 10.1 Å². The van der Waals surface area contributed by atoms with Crippen LogP contribution in [0.5, 0.6) is 0 Å². The molecule has 6 heteroatoms. The van der Waals surface area contributed by atoms with Crippen LogP contribution in [0.3, 0.4) is 0 Å². The van der Waals surface area contributed by atoms with Crippen molar-refractivity contribution in [2.75, 3.05) is 0 Å². The molecule has 2 rings (SSSR count). The van der Waals surface area contributed by atoms with Gasteiger partial charge in [-0.1, -0.05) is 17.3 Å². The van der Waals surface area contributed by atoms with Crippen molar-refractivity contribution in [2.24, 2.45) is 0 Å². The van der Waals surface area contributed by atoms with Crippen molar-refractivity contribution in [1.82, 2.24) is 10.1 Å². The van der Waals surface area contributed by atoms with E-state index >= 15 is 0 Å². The van der Waals surface area contributed by atoms with E-state index in [1.165, 1.54) is 12.1 Å². The van der Waals surface area contributed by atoms with Crippen molar-refractivity contribution in [3.05, 3.63) is 51.7 Å². The Morgan fingerprint density at radius 1 is 1.50 bits per heavy atom. The maximum Gasteiger partial charge on any atom is 0.269 e. The maximum atomic E-state index is 10.6. The quantitative estimate of drug-likeness (QED) is 0.581. The van der Waals surface area contributed by atoms with Crippen molar-refractivity contribution >= 4 is 5.69 Å². The summed E-state index contributed by atoms with van der Waals surface area (Å²) in [7, 11) is 0. The molecule has 1 aromatic carbocycles. The molecule has 0 radical (unpaired) electrons. The topological polar surface area (TPSA) is 82.1 Å². The Labute approximate surface area is 91.1 Å². The molecule has 6 nitrogen and oxygen atoms in total. The average molecular weight is 219 g/mol. The van der Waals surface area contributed by atoms with Gasteiger partial charge in [0.05, 0.1) is 4.92 Å². The van der Waals surface area contributed by atoms with Gasteiger partial charge in [-0.05, 0) is 5.56 Å². The molecule has 0 amide bonds. The summed E-state index contributed by atoms with van der Waals surface area (Å²) in [5.74, 6) is 1.01. The van der Waals surface area contributed by atoms with Crippen LogP contribution in [0.15, 0.2) is 28.8 Å². The van der Waals surface area contributed by atoms with Crippen LogP contribution in [0, 0.1) is 17.0 Å². The van der Waals surface area contributed by atoms with Gasteiger partial charge in [0.2, 0.25) is 5.89 Å². The van der Waals surface area contributed by atoms with E-state index in [-0.39, 0.29) is 5.69 Å². The highest BCUT2D eigenvalue weighted by molar-refractivity contribution is 5.35. The molecule has 0 unspecified atom stereocenters. The molecule has 0 aliphatic rings. The number of nitro benzene ring substituents is 1. The van der Waals surface area contributed by atoms with Crippen molar-refractivity contribution in [3.8, 4) is 0 Å². The van der Waals surface area contributed by atoms with Gasteiger partial charge in [0.25, 0.3) is 5.69 Å². The summed E-state index contributed by atoms with van der Waals surface area (Å²) < 4.78 is 4.82. The smallest absolute Gasteiger partial charge is 0.269 e. The van der Waals surface area contributed by atoms with E-state index in [0.717, 1.165) is 5.56 Å². The fourth-order valence-electron chi connectivity index (χ4n) is 1.38. The second kappa shape index (κ2) is 4.09. The highest BCUT2D eigenvalue weighted by Crippen LogP contribution is 2.15. The standard InChI is InChI=1S/C10H9N3O3/c1-7-11-10(12-16-7)6-8-3-2-4-9(5-8)13(14)15/h2-5H,6H2,1H3. The minimum absolute atomic E-state index is 0.0673. The van der Waals surface area contributed by atoms with E-state index < -0.39 is 4.92 Å². The number of nitro groups is 1. The van der Waals surface area contributed by atoms with E-state index in [1.807, 2.05) is 0 Å². The molecule has 0 aliphatic heterocycles. The molecule has 0 atom stereocenters. The predicted molar refractivity (Wildman–Crippen MR) is 54.9 cm³/mol. The third-order valence-electron chi connectivity index (χ3n) is 2.05. The number of nitrogens with zero attached hydrogens (tertiary/aromatic N) is 3. The third-order valence-corrected chi connectivity index (χ3v) is 2.05. The number of aryl methyl sites for hydroxylation is 1. The second-order valence-corrected chi connectivity index (χ2v) is 3.33. The molecule has 82 valence electrons. The molecule has 0 aliphatic carbocycles. The largest absolute Gasteiger partial charge is 0.340 e. The Kier molecular flexibility index (Phi) is 2.63. The number of benzene rings is 1. The summed E-state index contributed by atoms with van der Waals surface area (Å²) >= 11 is 0. The summed E-state index contributed by atoms with van der Waals surface area (Å²) in [4.78, 5) is 14.2. The zero-order valence-corrected chi connectivity index (χ0v) is 8.58. The van der Waals surface area contributed by atoms with E-state index in [2.05, 4.69) is 10.1 Å². The zero-order chi connectivity index (χ0) is 11.5. The highest BCUT2D eigenvalue weighted by atomic mass is 16.6. The monoisotopic (exact) mass is 219 g/mol. The van der Waals surface area contributed by atoms with Crippen LogP contribution < -0.4 is 0 Å². The Morgan fingerprint density at radius 2 is 2.31 bits per heavy atom. The summed E-state index contributed by atoms with van der Waals surface area (Å²) in [6.07, 6.45) is 0.430. The first-order valence-electron chi connectivity index (χ1n) is 4.67. The molecular weight excluding hydrogens is 210 g/mol. The van der Waals surface area contributed by atoms with Crippen LogP contribution in [0.25, 0.3) is 0 Å². The molecule has 2 aromatic rings. The number of non-ortho nitro benzene ring substituents is 1. The molecule has 0 N–H and O–H groups in total. The van der Waals surface area contributed by atoms with Gasteiger partial charge in [-0.15, -0.1) is 0 Å². The first-order valence-corrected chi connectivity index (χ1v) is 4.67. The molecule has 0 spiro atoms. The first kappa shape index (κ1) is 10.3. The lowest BCUT2D eigenvalue weighted by Crippen LogP contribution is -1.93. The van der Waals surface area contributed by atoms with Gasteiger partial charge >= 0.3 is 0 Å². The zero-order valence-electron chi connectivity index (χ0n) is 8.58. The Bertz CT molecular complexity index is 522. The third kappa shape index (κ3) is 2.22. The van der Waals surface area contributed by atoms with Crippen molar-refractivity contribution in [1.29, 1.82) is 0 Å². The van der Waals surface area contributed by atoms with Gasteiger partial charge < -0.3 is 4.52 Å². The van der Waals surface area contributed by atoms with Crippen LogP contribution in [-0.4, -0.2) is 15.1 Å². The van der Waals surface area contributed by atoms with E-state index in [0.29, 0.717) is 18.1 Å². The molecule has 16 heavy (non-hydrogen) atoms. The van der Waals surface area contributed by atoms with Gasteiger partial charge in [-0.2, -0.15) is 4.98 Å². The van der Waals surface area contributed by atoms with Gasteiger partial charge in [0, 0.05) is 25.5 Å². The minimum Gasteiger partial charge on any atom is -0.340 e. The van der Waals surface area contributed by atoms with Gasteiger partial charge in [0.15, 0.2) is 5.82 Å². The lowest BCUT2D eigenvalue weighted by molar-refractivity contribution is -0.384. The number of aromatic nitrogens is 2. The normalized spacial score (nSPS) is 10.3. The Balaban J connectivity index is 2.21. The van der Waals surface area contributed by atoms with Gasteiger partial charge in [0.1, 0.15) is 0 Å². The van der Waals surface area contributed by atoms with Crippen LogP contribution >= 0.6 is 0 Å². The van der Waals surface area contributed by atoms with Crippen molar-refractivity contribution in [2.45, 2.75) is 13.3 Å². The van der Waals surface area contributed by atoms with E-state index in [4.69, 9.17) is 4.52 Å². The number of rotatable bonds is 3. The van der Waals surface area contributed by atoms with Gasteiger partial charge in [-0.3, -0.25) is 10.1 Å². The maximum absolute atomic E-state index is 10.6. The van der Waals surface area contributed by atoms with Crippen LogP contribution in [-0.2, 0) is 6.42 Å². The molecule has 0 bridgehead atoms. The second-order valence-electron chi connectivity index (χ2n) is 3.33. The summed E-state index contributed by atoms with van der Waals surface area (Å²) in [6, 6.07) is 6.38. The molecular formula is C10H9N3O3. The number of hydrogen-bond donors (Lipinski definition) is 0. The van der Waals surface area contributed by atoms with Crippen LogP contribution in [0.4, 0.5) is 5.69 Å². The van der Waals surface area contributed by atoms with Crippen molar-refractivity contribution < 1.29 is 9.45 Å². The average Bonchev–Trinajstić information content (AvgIpc) is 2.64. The predicted octanol–water partition coefficient (Wildman–Crippen LogP) is 1.88. The fraction of sp³-hybridized carbons (Fsp3) is 0.200. The van der Waals surface area contributed by atoms with Crippen molar-refractivity contribution in [3.63, 3.8) is 0 Å². The first-order chi connectivity index (χ1) is 7.65. The SMILES string of the molecule is Cc1nc(Cc2cccc([N+](=O)[O-])c2)no1. The molecule has 0 saturated heterocycles. The van der Waals surface area contributed by atoms with Gasteiger partial charge in [-0.25, -0.2) is 0 Å². The number of hydrogen-bond acceptors (Lipinski definition) is 5. The summed E-state index contributed by atoms with van der Waals surface area (Å²) in [5.41, 5.74) is 0.854. The molecule has 1 aromatic heterocycles. The van der Waals surface area contributed by atoms with E-state index in [1.54, 1.807) is 19.1 Å².